The molecule has 154 valence electrons. The summed E-state index contributed by atoms with van der Waals surface area (Å²) < 4.78 is 10.7. The van der Waals surface area contributed by atoms with Crippen LogP contribution < -0.4 is 19.7 Å². The maximum atomic E-state index is 13.0. The van der Waals surface area contributed by atoms with Crippen LogP contribution in [0.2, 0.25) is 0 Å². The number of nitrogens with one attached hydrogen (secondary N) is 1. The lowest BCUT2D eigenvalue weighted by molar-refractivity contribution is -0.139. The Hall–Kier alpha value is -3.24. The summed E-state index contributed by atoms with van der Waals surface area (Å²) in [4.78, 5) is 37.3. The third-order valence-corrected chi connectivity index (χ3v) is 4.95. The predicted molar refractivity (Wildman–Crippen MR) is 116 cm³/mol. The molecule has 1 aliphatic rings. The smallest absolute Gasteiger partial charge is 0.341 e. The molecule has 2 amide bonds. The van der Waals surface area contributed by atoms with Crippen LogP contribution in [-0.4, -0.2) is 41.7 Å². The fourth-order valence-corrected chi connectivity index (χ4v) is 3.45. The van der Waals surface area contributed by atoms with Gasteiger partial charge in [0.15, 0.2) is 11.7 Å². The maximum Gasteiger partial charge on any atom is 0.341 e. The Morgan fingerprint density at radius 2 is 1.93 bits per heavy atom. The first-order valence-corrected chi connectivity index (χ1v) is 9.70. The summed E-state index contributed by atoms with van der Waals surface area (Å²) in [6, 6.07) is 11.4. The van der Waals surface area contributed by atoms with Gasteiger partial charge in [-0.25, -0.2) is 4.79 Å². The lowest BCUT2D eigenvalue weighted by Crippen LogP contribution is -2.54. The Labute approximate surface area is 185 Å². The van der Waals surface area contributed by atoms with Crippen molar-refractivity contribution in [3.63, 3.8) is 0 Å². The molecule has 0 bridgehead atoms. The van der Waals surface area contributed by atoms with Gasteiger partial charge in [-0.2, -0.15) is 0 Å². The van der Waals surface area contributed by atoms with Crippen LogP contribution in [0.3, 0.4) is 0 Å². The van der Waals surface area contributed by atoms with E-state index in [1.807, 2.05) is 0 Å². The van der Waals surface area contributed by atoms with E-state index in [0.29, 0.717) is 27.2 Å². The molecule has 1 heterocycles. The summed E-state index contributed by atoms with van der Waals surface area (Å²) in [6.45, 7) is -0.492. The Bertz CT molecular complexity index is 1070. The van der Waals surface area contributed by atoms with E-state index in [4.69, 9.17) is 26.8 Å². The fraction of sp³-hybridized carbons (Fsp3) is 0.100. The van der Waals surface area contributed by atoms with Crippen molar-refractivity contribution in [3.05, 3.63) is 58.1 Å². The number of carboxylic acids is 1. The highest BCUT2D eigenvalue weighted by molar-refractivity contribution is 9.10. The molecule has 2 aromatic carbocycles. The number of rotatable bonds is 6. The fourth-order valence-electron chi connectivity index (χ4n) is 2.65. The second-order valence-corrected chi connectivity index (χ2v) is 7.27. The van der Waals surface area contributed by atoms with Gasteiger partial charge < -0.3 is 14.6 Å². The Morgan fingerprint density at radius 1 is 1.23 bits per heavy atom. The zero-order chi connectivity index (χ0) is 21.8. The van der Waals surface area contributed by atoms with E-state index in [2.05, 4.69) is 21.2 Å². The van der Waals surface area contributed by atoms with Gasteiger partial charge in [0.1, 0.15) is 17.1 Å². The molecule has 0 radical (unpaired) electrons. The van der Waals surface area contributed by atoms with E-state index in [-0.39, 0.29) is 10.7 Å². The summed E-state index contributed by atoms with van der Waals surface area (Å²) in [6.07, 6.45) is 1.42. The topological polar surface area (TPSA) is 105 Å². The van der Waals surface area contributed by atoms with Crippen molar-refractivity contribution >= 4 is 62.8 Å². The molecule has 0 saturated carbocycles. The van der Waals surface area contributed by atoms with Crippen LogP contribution in [0, 0.1) is 0 Å². The summed E-state index contributed by atoms with van der Waals surface area (Å²) >= 11 is 8.46. The average Bonchev–Trinajstić information content (AvgIpc) is 2.70. The molecule has 0 atom stereocenters. The van der Waals surface area contributed by atoms with Crippen LogP contribution in [0.5, 0.6) is 11.5 Å². The van der Waals surface area contributed by atoms with Crippen LogP contribution in [0.4, 0.5) is 5.69 Å². The third kappa shape index (κ3) is 4.66. The molecule has 2 aromatic rings. The number of anilines is 1. The molecular weight excluding hydrogens is 476 g/mol. The van der Waals surface area contributed by atoms with Crippen molar-refractivity contribution < 1.29 is 29.0 Å². The normalized spacial score (nSPS) is 15.2. The molecule has 0 spiro atoms. The second-order valence-electron chi connectivity index (χ2n) is 6.03. The molecule has 1 aliphatic heterocycles. The number of halogens is 1. The molecule has 0 unspecified atom stereocenters. The zero-order valence-corrected chi connectivity index (χ0v) is 18.0. The van der Waals surface area contributed by atoms with Gasteiger partial charge in [0, 0.05) is 0 Å². The number of carbonyl (C=O) groups is 3. The molecule has 0 aliphatic carbocycles. The molecule has 1 fully saturated rings. The van der Waals surface area contributed by atoms with Gasteiger partial charge in [0.2, 0.25) is 0 Å². The molecule has 2 N–H and O–H groups in total. The zero-order valence-electron chi connectivity index (χ0n) is 15.5. The van der Waals surface area contributed by atoms with E-state index >= 15 is 0 Å². The SMILES string of the molecule is COc1ccc(N2C(=O)C(=Cc3ccc(OCC(=O)O)c(Br)c3)C(=O)NC2=S)cc1. The van der Waals surface area contributed by atoms with E-state index in [1.54, 1.807) is 36.4 Å². The first-order chi connectivity index (χ1) is 14.3. The number of methoxy groups -OCH3 is 1. The molecule has 3 rings (SSSR count). The van der Waals surface area contributed by atoms with Crippen LogP contribution in [0.25, 0.3) is 6.08 Å². The van der Waals surface area contributed by atoms with Crippen LogP contribution >= 0.6 is 28.1 Å². The van der Waals surface area contributed by atoms with Crippen molar-refractivity contribution in [1.29, 1.82) is 0 Å². The number of benzene rings is 2. The minimum absolute atomic E-state index is 0.0223. The van der Waals surface area contributed by atoms with Crippen molar-refractivity contribution in [2.75, 3.05) is 18.6 Å². The lowest BCUT2D eigenvalue weighted by atomic mass is 10.1. The third-order valence-electron chi connectivity index (χ3n) is 4.05. The monoisotopic (exact) mass is 490 g/mol. The van der Waals surface area contributed by atoms with Crippen LogP contribution in [-0.2, 0) is 14.4 Å². The second kappa shape index (κ2) is 9.06. The predicted octanol–water partition coefficient (Wildman–Crippen LogP) is 2.75. The van der Waals surface area contributed by atoms with Crippen molar-refractivity contribution in [1.82, 2.24) is 5.32 Å². The molecule has 8 nitrogen and oxygen atoms in total. The number of aliphatic carboxylic acids is 1. The highest BCUT2D eigenvalue weighted by atomic mass is 79.9. The molecule has 1 saturated heterocycles. The molecule has 0 aromatic heterocycles. The number of ether oxygens (including phenoxy) is 2. The van der Waals surface area contributed by atoms with Gasteiger partial charge in [0.25, 0.3) is 11.8 Å². The summed E-state index contributed by atoms with van der Waals surface area (Å²) in [5.41, 5.74) is 0.909. The number of hydrogen-bond donors (Lipinski definition) is 2. The van der Waals surface area contributed by atoms with E-state index in [1.165, 1.54) is 24.2 Å². The standard InChI is InChI=1S/C20H15BrN2O6S/c1-28-13-5-3-12(4-6-13)23-19(27)14(18(26)22-20(23)30)8-11-2-7-16(15(21)9-11)29-10-17(24)25/h2-9H,10H2,1H3,(H,24,25)(H,22,26,30). The number of hydrogen-bond acceptors (Lipinski definition) is 6. The Balaban J connectivity index is 1.90. The van der Waals surface area contributed by atoms with E-state index in [0.717, 1.165) is 0 Å². The van der Waals surface area contributed by atoms with Crippen molar-refractivity contribution in [2.45, 2.75) is 0 Å². The van der Waals surface area contributed by atoms with Crippen LogP contribution in [0.15, 0.2) is 52.5 Å². The average molecular weight is 491 g/mol. The first-order valence-electron chi connectivity index (χ1n) is 8.50. The summed E-state index contributed by atoms with van der Waals surface area (Å²) in [7, 11) is 1.53. The van der Waals surface area contributed by atoms with E-state index in [9.17, 15) is 14.4 Å². The Kier molecular flexibility index (Phi) is 6.48. The van der Waals surface area contributed by atoms with Gasteiger partial charge in [-0.3, -0.25) is 19.8 Å². The van der Waals surface area contributed by atoms with E-state index < -0.39 is 24.4 Å². The van der Waals surface area contributed by atoms with Gasteiger partial charge in [-0.1, -0.05) is 6.07 Å². The minimum Gasteiger partial charge on any atom is -0.497 e. The van der Waals surface area contributed by atoms with Crippen molar-refractivity contribution in [3.8, 4) is 11.5 Å². The Morgan fingerprint density at radius 3 is 2.53 bits per heavy atom. The number of nitrogens with zero attached hydrogens (tertiary/aromatic N) is 1. The highest BCUT2D eigenvalue weighted by Gasteiger charge is 2.34. The number of amides is 2. The lowest BCUT2D eigenvalue weighted by Gasteiger charge is -2.29. The van der Waals surface area contributed by atoms with Gasteiger partial charge in [-0.15, -0.1) is 0 Å². The van der Waals surface area contributed by atoms with Gasteiger partial charge in [-0.05, 0) is 76.2 Å². The largest absolute Gasteiger partial charge is 0.497 e. The van der Waals surface area contributed by atoms with Gasteiger partial charge in [0.05, 0.1) is 17.3 Å². The number of carboxylic acid groups (broad SMARTS) is 1. The van der Waals surface area contributed by atoms with Crippen LogP contribution in [0.1, 0.15) is 5.56 Å². The first kappa shape index (κ1) is 21.5. The maximum absolute atomic E-state index is 13.0. The highest BCUT2D eigenvalue weighted by Crippen LogP contribution is 2.28. The van der Waals surface area contributed by atoms with Crippen molar-refractivity contribution in [2.24, 2.45) is 0 Å². The molecule has 30 heavy (non-hydrogen) atoms. The molecular formula is C20H15BrN2O6S. The summed E-state index contributed by atoms with van der Waals surface area (Å²) in [5, 5.41) is 11.2. The number of thiocarbonyl (C=S) groups is 1. The quantitative estimate of drug-likeness (QED) is 0.364. The van der Waals surface area contributed by atoms with Gasteiger partial charge >= 0.3 is 5.97 Å². The molecule has 10 heteroatoms. The summed E-state index contributed by atoms with van der Waals surface area (Å²) in [5.74, 6) is -1.36. The number of carbonyl (C=O) groups excluding carboxylic acids is 2. The minimum atomic E-state index is -1.10.